The average Bonchev–Trinajstić information content (AvgIpc) is 3.26. The van der Waals surface area contributed by atoms with Crippen LogP contribution in [0.5, 0.6) is 0 Å². The van der Waals surface area contributed by atoms with Crippen LogP contribution in [0, 0.1) is 0 Å². The third kappa shape index (κ3) is 33.1. The third-order valence-corrected chi connectivity index (χ3v) is 12.9. The van der Waals surface area contributed by atoms with Crippen molar-refractivity contribution in [1.82, 2.24) is 5.32 Å². The van der Waals surface area contributed by atoms with E-state index in [1.165, 1.54) is 199 Å². The Morgan fingerprint density at radius 2 is 0.902 bits per heavy atom. The van der Waals surface area contributed by atoms with Crippen molar-refractivity contribution in [3.63, 3.8) is 0 Å². The maximum absolute atomic E-state index is 13.0. The van der Waals surface area contributed by atoms with Gasteiger partial charge in [0.05, 0.1) is 25.4 Å². The smallest absolute Gasteiger partial charge is 0.220 e. The lowest BCUT2D eigenvalue weighted by atomic mass is 9.99. The van der Waals surface area contributed by atoms with Gasteiger partial charge in [-0.25, -0.2) is 0 Å². The highest BCUT2D eigenvalue weighted by atomic mass is 16.7. The minimum atomic E-state index is -1.56. The summed E-state index contributed by atoms with van der Waals surface area (Å²) >= 11 is 0. The molecule has 61 heavy (non-hydrogen) atoms. The Balaban J connectivity index is 2.21. The molecule has 0 bridgehead atoms. The molecule has 0 radical (unpaired) electrons. The molecule has 1 aliphatic rings. The molecule has 1 amide bonds. The van der Waals surface area contributed by atoms with Crippen LogP contribution in [0.25, 0.3) is 0 Å². The normalized spacial score (nSPS) is 20.4. The SMILES string of the molecule is CCCCCCCCCCCCCCCCCCCCCCCCCC/C=C/C(O)C(COC1OC(CO)C(O)C(O)C1O)NC(=O)CCCCCCCCCCCCCC. The average molecular weight is 868 g/mol. The number of nitrogens with one attached hydrogen (secondary N) is 1. The number of rotatable bonds is 45. The standard InChI is InChI=1S/C52H101NO8/c1-3-5-7-9-11-13-15-17-18-19-20-21-22-23-24-25-26-27-28-29-30-31-33-35-37-39-41-46(55)45(44-60-52-51(59)50(58)49(57)47(43-54)61-52)53-48(56)42-40-38-36-34-32-16-14-12-10-8-6-4-2/h39,41,45-47,49-52,54-55,57-59H,3-38,40,42-44H2,1-2H3,(H,53,56)/b41-39+. The summed E-state index contributed by atoms with van der Waals surface area (Å²) in [7, 11) is 0. The number of hydrogen-bond acceptors (Lipinski definition) is 8. The fourth-order valence-corrected chi connectivity index (χ4v) is 8.63. The number of unbranched alkanes of at least 4 members (excludes halogenated alkanes) is 35. The van der Waals surface area contributed by atoms with Crippen molar-refractivity contribution in [2.75, 3.05) is 13.2 Å². The van der Waals surface area contributed by atoms with E-state index in [1.807, 2.05) is 6.08 Å². The Bertz CT molecular complexity index is 966. The Morgan fingerprint density at radius 1 is 0.541 bits per heavy atom. The molecule has 9 nitrogen and oxygen atoms in total. The third-order valence-electron chi connectivity index (χ3n) is 12.9. The number of carbonyl (C=O) groups excluding carboxylic acids is 1. The first-order chi connectivity index (χ1) is 29.8. The molecular weight excluding hydrogens is 767 g/mol. The van der Waals surface area contributed by atoms with Gasteiger partial charge in [-0.1, -0.05) is 244 Å². The van der Waals surface area contributed by atoms with Crippen LogP contribution in [0.1, 0.15) is 258 Å². The number of aliphatic hydroxyl groups is 5. The van der Waals surface area contributed by atoms with E-state index in [-0.39, 0.29) is 12.5 Å². The van der Waals surface area contributed by atoms with Crippen LogP contribution in [0.4, 0.5) is 0 Å². The predicted octanol–water partition coefficient (Wildman–Crippen LogP) is 12.1. The van der Waals surface area contributed by atoms with Gasteiger partial charge >= 0.3 is 0 Å². The van der Waals surface area contributed by atoms with Gasteiger partial charge in [0, 0.05) is 6.42 Å². The van der Waals surface area contributed by atoms with Gasteiger partial charge in [-0.2, -0.15) is 0 Å². The molecule has 1 heterocycles. The second-order valence-electron chi connectivity index (χ2n) is 18.7. The molecule has 362 valence electrons. The first kappa shape index (κ1) is 57.9. The lowest BCUT2D eigenvalue weighted by molar-refractivity contribution is -0.302. The van der Waals surface area contributed by atoms with Crippen LogP contribution < -0.4 is 5.32 Å². The minimum Gasteiger partial charge on any atom is -0.394 e. The zero-order valence-electron chi connectivity index (χ0n) is 39.9. The van der Waals surface area contributed by atoms with E-state index < -0.39 is 49.5 Å². The van der Waals surface area contributed by atoms with Crippen molar-refractivity contribution < 1.29 is 39.8 Å². The van der Waals surface area contributed by atoms with Gasteiger partial charge in [0.2, 0.25) is 5.91 Å². The molecule has 1 aliphatic heterocycles. The van der Waals surface area contributed by atoms with Gasteiger partial charge in [-0.3, -0.25) is 4.79 Å². The van der Waals surface area contributed by atoms with Crippen LogP contribution in [0.15, 0.2) is 12.2 Å². The molecule has 0 aromatic rings. The van der Waals surface area contributed by atoms with Crippen molar-refractivity contribution in [3.8, 4) is 0 Å². The Labute approximate surface area is 376 Å². The molecular formula is C52H101NO8. The lowest BCUT2D eigenvalue weighted by Gasteiger charge is -2.40. The van der Waals surface area contributed by atoms with E-state index in [1.54, 1.807) is 6.08 Å². The number of aliphatic hydroxyl groups excluding tert-OH is 5. The molecule has 6 N–H and O–H groups in total. The van der Waals surface area contributed by atoms with Gasteiger partial charge in [-0.15, -0.1) is 0 Å². The monoisotopic (exact) mass is 868 g/mol. The van der Waals surface area contributed by atoms with Crippen molar-refractivity contribution in [1.29, 1.82) is 0 Å². The van der Waals surface area contributed by atoms with Gasteiger partial charge in [0.25, 0.3) is 0 Å². The van der Waals surface area contributed by atoms with Crippen LogP contribution in [-0.2, 0) is 14.3 Å². The van der Waals surface area contributed by atoms with E-state index in [0.29, 0.717) is 6.42 Å². The topological polar surface area (TPSA) is 149 Å². The number of ether oxygens (including phenoxy) is 2. The highest BCUT2D eigenvalue weighted by molar-refractivity contribution is 5.76. The zero-order valence-corrected chi connectivity index (χ0v) is 39.9. The van der Waals surface area contributed by atoms with Gasteiger partial charge < -0.3 is 40.3 Å². The summed E-state index contributed by atoms with van der Waals surface area (Å²) in [4.78, 5) is 13.0. The number of carbonyl (C=O) groups is 1. The second kappa shape index (κ2) is 42.9. The second-order valence-corrected chi connectivity index (χ2v) is 18.7. The summed E-state index contributed by atoms with van der Waals surface area (Å²) in [5, 5.41) is 54.3. The van der Waals surface area contributed by atoms with E-state index in [0.717, 1.165) is 38.5 Å². The molecule has 7 atom stereocenters. The Morgan fingerprint density at radius 3 is 1.28 bits per heavy atom. The van der Waals surface area contributed by atoms with E-state index in [2.05, 4.69) is 19.2 Å². The molecule has 7 unspecified atom stereocenters. The minimum absolute atomic E-state index is 0.174. The fourth-order valence-electron chi connectivity index (χ4n) is 8.63. The zero-order chi connectivity index (χ0) is 44.4. The number of allylic oxidation sites excluding steroid dienone is 1. The van der Waals surface area contributed by atoms with Crippen molar-refractivity contribution in [2.45, 2.75) is 301 Å². The van der Waals surface area contributed by atoms with Gasteiger partial charge in [0.1, 0.15) is 24.4 Å². The van der Waals surface area contributed by atoms with Gasteiger partial charge in [0.15, 0.2) is 6.29 Å². The van der Waals surface area contributed by atoms with Crippen LogP contribution in [0.3, 0.4) is 0 Å². The summed E-state index contributed by atoms with van der Waals surface area (Å²) in [5.74, 6) is -0.174. The fraction of sp³-hybridized carbons (Fsp3) is 0.942. The summed E-state index contributed by atoms with van der Waals surface area (Å²) in [6.07, 6.45) is 44.2. The summed E-state index contributed by atoms with van der Waals surface area (Å²) in [5.41, 5.74) is 0. The van der Waals surface area contributed by atoms with Crippen molar-refractivity contribution in [2.24, 2.45) is 0 Å². The molecule has 1 saturated heterocycles. The molecule has 1 fully saturated rings. The quantitative estimate of drug-likeness (QED) is 0.0262. The predicted molar refractivity (Wildman–Crippen MR) is 254 cm³/mol. The van der Waals surface area contributed by atoms with Gasteiger partial charge in [-0.05, 0) is 19.3 Å². The van der Waals surface area contributed by atoms with Crippen molar-refractivity contribution in [3.05, 3.63) is 12.2 Å². The van der Waals surface area contributed by atoms with E-state index >= 15 is 0 Å². The molecule has 0 saturated carbocycles. The van der Waals surface area contributed by atoms with E-state index in [9.17, 15) is 30.3 Å². The van der Waals surface area contributed by atoms with E-state index in [4.69, 9.17) is 9.47 Å². The van der Waals surface area contributed by atoms with Crippen molar-refractivity contribution >= 4 is 5.91 Å². The molecule has 1 rings (SSSR count). The van der Waals surface area contributed by atoms with Crippen LogP contribution >= 0.6 is 0 Å². The highest BCUT2D eigenvalue weighted by Crippen LogP contribution is 2.23. The maximum Gasteiger partial charge on any atom is 0.220 e. The van der Waals surface area contributed by atoms with Crippen LogP contribution in [-0.4, -0.2) is 87.5 Å². The largest absolute Gasteiger partial charge is 0.394 e. The number of hydrogen-bond donors (Lipinski definition) is 6. The molecule has 0 spiro atoms. The first-order valence-corrected chi connectivity index (χ1v) is 26.4. The lowest BCUT2D eigenvalue weighted by Crippen LogP contribution is -2.60. The number of amides is 1. The molecule has 9 heteroatoms. The Kier molecular flexibility index (Phi) is 40.7. The molecule has 0 aromatic carbocycles. The first-order valence-electron chi connectivity index (χ1n) is 26.4. The molecule has 0 aromatic heterocycles. The molecule has 0 aliphatic carbocycles. The highest BCUT2D eigenvalue weighted by Gasteiger charge is 2.44. The summed E-state index contributed by atoms with van der Waals surface area (Å²) < 4.78 is 11.2. The summed E-state index contributed by atoms with van der Waals surface area (Å²) in [6.45, 7) is 3.79. The Hall–Kier alpha value is -1.07. The summed E-state index contributed by atoms with van der Waals surface area (Å²) in [6, 6.07) is -0.798. The van der Waals surface area contributed by atoms with Crippen LogP contribution in [0.2, 0.25) is 0 Å². The maximum atomic E-state index is 13.0.